The summed E-state index contributed by atoms with van der Waals surface area (Å²) in [4.78, 5) is 16.5. The Bertz CT molecular complexity index is 1150. The number of benzene rings is 1. The molecule has 156 valence electrons. The Labute approximate surface area is 183 Å². The van der Waals surface area contributed by atoms with Gasteiger partial charge in [-0.2, -0.15) is 10.5 Å². The van der Waals surface area contributed by atoms with Crippen LogP contribution in [0.2, 0.25) is 0 Å². The number of nitrogens with one attached hydrogen (secondary N) is 1. The van der Waals surface area contributed by atoms with Crippen molar-refractivity contribution in [1.82, 2.24) is 4.98 Å². The highest BCUT2D eigenvalue weighted by atomic mass is 32.2. The molecule has 8 nitrogen and oxygen atoms in total. The van der Waals surface area contributed by atoms with Gasteiger partial charge in [0, 0.05) is 17.9 Å². The number of hydrogen-bond acceptors (Lipinski definition) is 8. The molecular formula is C22H19N5O3S. The topological polar surface area (TPSA) is 138 Å². The summed E-state index contributed by atoms with van der Waals surface area (Å²) in [6.07, 6.45) is 1.65. The second-order valence-electron chi connectivity index (χ2n) is 6.23. The van der Waals surface area contributed by atoms with Crippen LogP contribution in [0.1, 0.15) is 24.5 Å². The number of anilines is 2. The van der Waals surface area contributed by atoms with E-state index in [0.29, 0.717) is 34.4 Å². The number of ether oxygens (including phenoxy) is 1. The van der Waals surface area contributed by atoms with Crippen LogP contribution in [0, 0.1) is 22.7 Å². The van der Waals surface area contributed by atoms with Gasteiger partial charge in [0.2, 0.25) is 5.91 Å². The van der Waals surface area contributed by atoms with Crippen molar-refractivity contribution >= 4 is 29.2 Å². The van der Waals surface area contributed by atoms with Gasteiger partial charge in [0.1, 0.15) is 40.1 Å². The lowest BCUT2D eigenvalue weighted by atomic mass is 10.0. The summed E-state index contributed by atoms with van der Waals surface area (Å²) < 4.78 is 10.8. The molecule has 1 aromatic carbocycles. The van der Waals surface area contributed by atoms with E-state index in [1.54, 1.807) is 36.4 Å². The number of carbonyl (C=O) groups excluding carboxylic acids is 1. The van der Waals surface area contributed by atoms with Gasteiger partial charge in [-0.3, -0.25) is 4.79 Å². The molecule has 2 aromatic heterocycles. The minimum Gasteiger partial charge on any atom is -0.494 e. The molecule has 1 amide bonds. The average molecular weight is 433 g/mol. The molecule has 0 spiro atoms. The molecule has 31 heavy (non-hydrogen) atoms. The van der Waals surface area contributed by atoms with Gasteiger partial charge >= 0.3 is 0 Å². The van der Waals surface area contributed by atoms with Crippen LogP contribution in [-0.2, 0) is 4.79 Å². The van der Waals surface area contributed by atoms with E-state index in [1.807, 2.05) is 13.0 Å². The van der Waals surface area contributed by atoms with E-state index in [9.17, 15) is 15.3 Å². The number of nitriles is 2. The summed E-state index contributed by atoms with van der Waals surface area (Å²) >= 11 is 1.22. The van der Waals surface area contributed by atoms with E-state index in [1.165, 1.54) is 18.0 Å². The summed E-state index contributed by atoms with van der Waals surface area (Å²) in [5.41, 5.74) is 7.19. The van der Waals surface area contributed by atoms with Crippen molar-refractivity contribution < 1.29 is 13.9 Å². The third-order valence-corrected chi connectivity index (χ3v) is 5.18. The van der Waals surface area contributed by atoms with Crippen LogP contribution >= 0.6 is 11.8 Å². The first-order valence-corrected chi connectivity index (χ1v) is 10.4. The van der Waals surface area contributed by atoms with Gasteiger partial charge in [0.05, 0.1) is 24.0 Å². The van der Waals surface area contributed by atoms with Crippen LogP contribution < -0.4 is 15.8 Å². The SMILES string of the molecule is CCOc1ccc(NC(=O)CCSc2nc(N)c(C#N)c(-c3ccco3)c2C#N)cc1. The zero-order valence-corrected chi connectivity index (χ0v) is 17.5. The van der Waals surface area contributed by atoms with Crippen LogP contribution in [0.3, 0.4) is 0 Å². The number of nitrogens with zero attached hydrogens (tertiary/aromatic N) is 3. The molecule has 0 aliphatic rings. The van der Waals surface area contributed by atoms with Gasteiger partial charge in [-0.1, -0.05) is 0 Å². The number of furan rings is 1. The van der Waals surface area contributed by atoms with E-state index >= 15 is 0 Å². The Morgan fingerprint density at radius 3 is 2.58 bits per heavy atom. The van der Waals surface area contributed by atoms with Crippen LogP contribution in [0.25, 0.3) is 11.3 Å². The molecule has 9 heteroatoms. The highest BCUT2D eigenvalue weighted by molar-refractivity contribution is 7.99. The molecule has 2 heterocycles. The van der Waals surface area contributed by atoms with Crippen molar-refractivity contribution in [3.8, 4) is 29.2 Å². The molecule has 0 atom stereocenters. The van der Waals surface area contributed by atoms with Gasteiger partial charge in [-0.15, -0.1) is 11.8 Å². The number of thioether (sulfide) groups is 1. The highest BCUT2D eigenvalue weighted by Gasteiger charge is 2.22. The summed E-state index contributed by atoms with van der Waals surface area (Å²) in [7, 11) is 0. The van der Waals surface area contributed by atoms with Gasteiger partial charge in [0.15, 0.2) is 0 Å². The minimum atomic E-state index is -0.178. The molecule has 3 N–H and O–H groups in total. The number of hydrogen-bond donors (Lipinski definition) is 2. The van der Waals surface area contributed by atoms with Crippen LogP contribution in [-0.4, -0.2) is 23.3 Å². The first kappa shape index (κ1) is 21.8. The lowest BCUT2D eigenvalue weighted by molar-refractivity contribution is -0.115. The Balaban J connectivity index is 1.70. The Kier molecular flexibility index (Phi) is 7.15. The summed E-state index contributed by atoms with van der Waals surface area (Å²) in [5, 5.41) is 22.3. The van der Waals surface area contributed by atoms with Gasteiger partial charge < -0.3 is 20.2 Å². The monoisotopic (exact) mass is 433 g/mol. The molecule has 3 aromatic rings. The average Bonchev–Trinajstić information content (AvgIpc) is 3.29. The van der Waals surface area contributed by atoms with E-state index in [-0.39, 0.29) is 29.3 Å². The molecule has 0 saturated heterocycles. The lowest BCUT2D eigenvalue weighted by Crippen LogP contribution is -2.12. The van der Waals surface area contributed by atoms with Gasteiger partial charge in [0.25, 0.3) is 0 Å². The van der Waals surface area contributed by atoms with E-state index < -0.39 is 0 Å². The smallest absolute Gasteiger partial charge is 0.225 e. The summed E-state index contributed by atoms with van der Waals surface area (Å²) in [5.74, 6) is 1.29. The minimum absolute atomic E-state index is 0.00856. The molecule has 0 bridgehead atoms. The molecule has 0 aliphatic heterocycles. The normalized spacial score (nSPS) is 10.2. The number of carbonyl (C=O) groups is 1. The second-order valence-corrected chi connectivity index (χ2v) is 7.32. The predicted octanol–water partition coefficient (Wildman–Crippen LogP) is 4.19. The highest BCUT2D eigenvalue weighted by Crippen LogP contribution is 2.35. The largest absolute Gasteiger partial charge is 0.494 e. The number of nitrogens with two attached hydrogens (primary N) is 1. The van der Waals surface area contributed by atoms with Crippen LogP contribution in [0.5, 0.6) is 5.75 Å². The maximum absolute atomic E-state index is 12.3. The molecule has 3 rings (SSSR count). The zero-order valence-electron chi connectivity index (χ0n) is 16.7. The molecule has 0 fully saturated rings. The standard InChI is InChI=1S/C22H19N5O3S/c1-2-29-15-7-5-14(6-8-15)26-19(28)9-11-31-22-17(13-24)20(18-4-3-10-30-18)16(12-23)21(25)27-22/h3-8,10H,2,9,11H2,1H3,(H2,25,27)(H,26,28). The Morgan fingerprint density at radius 2 is 1.97 bits per heavy atom. The van der Waals surface area contributed by atoms with Crippen molar-refractivity contribution in [3.05, 3.63) is 53.8 Å². The zero-order chi connectivity index (χ0) is 22.2. The van der Waals surface area contributed by atoms with E-state index in [0.717, 1.165) is 5.75 Å². The van der Waals surface area contributed by atoms with Crippen molar-refractivity contribution in [2.45, 2.75) is 18.4 Å². The molecule has 0 unspecified atom stereocenters. The van der Waals surface area contributed by atoms with E-state index in [2.05, 4.69) is 16.4 Å². The molecule has 0 aliphatic carbocycles. The number of pyridine rings is 1. The molecular weight excluding hydrogens is 414 g/mol. The number of nitrogen functional groups attached to an aromatic ring is 1. The van der Waals surface area contributed by atoms with Gasteiger partial charge in [-0.05, 0) is 43.3 Å². The number of amides is 1. The first-order chi connectivity index (χ1) is 15.1. The third kappa shape index (κ3) is 5.16. The van der Waals surface area contributed by atoms with Crippen LogP contribution in [0.15, 0.2) is 52.1 Å². The quantitative estimate of drug-likeness (QED) is 0.504. The number of rotatable bonds is 8. The fourth-order valence-electron chi connectivity index (χ4n) is 2.83. The van der Waals surface area contributed by atoms with Gasteiger partial charge in [-0.25, -0.2) is 4.98 Å². The van der Waals surface area contributed by atoms with Crippen molar-refractivity contribution in [3.63, 3.8) is 0 Å². The fourth-order valence-corrected chi connectivity index (χ4v) is 3.77. The molecule has 0 radical (unpaired) electrons. The second kappa shape index (κ2) is 10.2. The Morgan fingerprint density at radius 1 is 1.23 bits per heavy atom. The first-order valence-electron chi connectivity index (χ1n) is 9.40. The maximum Gasteiger partial charge on any atom is 0.225 e. The van der Waals surface area contributed by atoms with Crippen LogP contribution in [0.4, 0.5) is 11.5 Å². The summed E-state index contributed by atoms with van der Waals surface area (Å²) in [6.45, 7) is 2.47. The number of aromatic nitrogens is 1. The predicted molar refractivity (Wildman–Crippen MR) is 117 cm³/mol. The Hall–Kier alpha value is -3.95. The van der Waals surface area contributed by atoms with Crippen molar-refractivity contribution in [1.29, 1.82) is 10.5 Å². The molecule has 0 saturated carbocycles. The maximum atomic E-state index is 12.3. The van der Waals surface area contributed by atoms with E-state index in [4.69, 9.17) is 14.9 Å². The van der Waals surface area contributed by atoms with Crippen molar-refractivity contribution in [2.24, 2.45) is 0 Å². The third-order valence-electron chi connectivity index (χ3n) is 4.20. The van der Waals surface area contributed by atoms with Crippen molar-refractivity contribution in [2.75, 3.05) is 23.4 Å². The fraction of sp³-hybridized carbons (Fsp3) is 0.182. The lowest BCUT2D eigenvalue weighted by Gasteiger charge is -2.11. The summed E-state index contributed by atoms with van der Waals surface area (Å²) in [6, 6.07) is 14.5.